The van der Waals surface area contributed by atoms with Crippen LogP contribution in [0, 0.1) is 0 Å². The zero-order valence-corrected chi connectivity index (χ0v) is 20.9. The van der Waals surface area contributed by atoms with Gasteiger partial charge in [0.25, 0.3) is 5.91 Å². The standard InChI is InChI=1S/C29H32N2O5/c1-4-34-27-20-22(12-16-26(27)36-19-18-35-25-8-6-5-7-9-25)13-17-28(32)31(3)21-23-10-14-24(15-11-23)29(33)30-2/h5-17,20H,4,18-19,21H2,1-3H3,(H,30,33)/b17-13+. The number of carbonyl (C=O) groups is 2. The highest BCUT2D eigenvalue weighted by atomic mass is 16.5. The maximum atomic E-state index is 12.6. The number of benzene rings is 3. The summed E-state index contributed by atoms with van der Waals surface area (Å²) in [6, 6.07) is 22.3. The molecular formula is C29H32N2O5. The van der Waals surface area contributed by atoms with E-state index < -0.39 is 0 Å². The molecule has 2 amide bonds. The van der Waals surface area contributed by atoms with Gasteiger partial charge in [-0.15, -0.1) is 0 Å². The summed E-state index contributed by atoms with van der Waals surface area (Å²) in [6.07, 6.45) is 3.27. The lowest BCUT2D eigenvalue weighted by molar-refractivity contribution is -0.125. The van der Waals surface area contributed by atoms with Gasteiger partial charge in [0.1, 0.15) is 19.0 Å². The molecule has 0 spiro atoms. The van der Waals surface area contributed by atoms with Gasteiger partial charge in [0, 0.05) is 32.3 Å². The quantitative estimate of drug-likeness (QED) is 0.298. The van der Waals surface area contributed by atoms with Gasteiger partial charge in [-0.25, -0.2) is 0 Å². The van der Waals surface area contributed by atoms with Crippen LogP contribution in [0.1, 0.15) is 28.4 Å². The highest BCUT2D eigenvalue weighted by Crippen LogP contribution is 2.29. The molecule has 0 atom stereocenters. The average molecular weight is 489 g/mol. The van der Waals surface area contributed by atoms with E-state index in [1.54, 1.807) is 37.2 Å². The zero-order valence-electron chi connectivity index (χ0n) is 20.9. The van der Waals surface area contributed by atoms with Crippen molar-refractivity contribution in [1.29, 1.82) is 0 Å². The van der Waals surface area contributed by atoms with Gasteiger partial charge in [-0.3, -0.25) is 9.59 Å². The van der Waals surface area contributed by atoms with Crippen LogP contribution in [-0.4, -0.2) is 50.6 Å². The largest absolute Gasteiger partial charge is 0.490 e. The van der Waals surface area contributed by atoms with Crippen molar-refractivity contribution in [3.05, 3.63) is 95.6 Å². The van der Waals surface area contributed by atoms with Crippen LogP contribution >= 0.6 is 0 Å². The van der Waals surface area contributed by atoms with E-state index in [9.17, 15) is 9.59 Å². The van der Waals surface area contributed by atoms with E-state index in [-0.39, 0.29) is 11.8 Å². The number of likely N-dealkylation sites (N-methyl/N-ethyl adjacent to an activating group) is 1. The molecule has 0 aliphatic rings. The first-order valence-corrected chi connectivity index (χ1v) is 11.8. The molecule has 0 unspecified atom stereocenters. The van der Waals surface area contributed by atoms with E-state index in [0.29, 0.717) is 43.4 Å². The van der Waals surface area contributed by atoms with Crippen molar-refractivity contribution in [2.45, 2.75) is 13.5 Å². The summed E-state index contributed by atoms with van der Waals surface area (Å²) in [5, 5.41) is 2.59. The number of hydrogen-bond donors (Lipinski definition) is 1. The first kappa shape index (κ1) is 26.3. The fourth-order valence-electron chi connectivity index (χ4n) is 3.40. The summed E-state index contributed by atoms with van der Waals surface area (Å²) in [4.78, 5) is 25.9. The summed E-state index contributed by atoms with van der Waals surface area (Å²) in [5.74, 6) is 1.74. The number of hydrogen-bond acceptors (Lipinski definition) is 5. The van der Waals surface area contributed by atoms with Gasteiger partial charge in [-0.2, -0.15) is 0 Å². The summed E-state index contributed by atoms with van der Waals surface area (Å²) < 4.78 is 17.3. The second-order valence-electron chi connectivity index (χ2n) is 7.95. The minimum absolute atomic E-state index is 0.137. The second kappa shape index (κ2) is 13.6. The predicted molar refractivity (Wildman–Crippen MR) is 140 cm³/mol. The summed E-state index contributed by atoms with van der Waals surface area (Å²) in [6.45, 7) is 3.61. The molecule has 3 aromatic carbocycles. The molecule has 1 N–H and O–H groups in total. The Labute approximate surface area is 212 Å². The van der Waals surface area contributed by atoms with Gasteiger partial charge in [-0.1, -0.05) is 36.4 Å². The van der Waals surface area contributed by atoms with Crippen LogP contribution in [0.2, 0.25) is 0 Å². The van der Waals surface area contributed by atoms with E-state index in [1.165, 1.54) is 6.08 Å². The van der Waals surface area contributed by atoms with Crippen LogP contribution in [0.4, 0.5) is 0 Å². The Morgan fingerprint density at radius 1 is 0.889 bits per heavy atom. The Balaban J connectivity index is 1.55. The molecule has 7 heteroatoms. The lowest BCUT2D eigenvalue weighted by Gasteiger charge is -2.15. The highest BCUT2D eigenvalue weighted by molar-refractivity contribution is 5.94. The van der Waals surface area contributed by atoms with Crippen LogP contribution < -0.4 is 19.5 Å². The van der Waals surface area contributed by atoms with E-state index >= 15 is 0 Å². The molecule has 7 nitrogen and oxygen atoms in total. The first-order chi connectivity index (χ1) is 17.5. The van der Waals surface area contributed by atoms with E-state index in [2.05, 4.69) is 5.32 Å². The Bertz CT molecular complexity index is 1160. The van der Waals surface area contributed by atoms with Crippen molar-refractivity contribution in [3.63, 3.8) is 0 Å². The van der Waals surface area contributed by atoms with Crippen molar-refractivity contribution in [2.75, 3.05) is 33.9 Å². The third-order valence-corrected chi connectivity index (χ3v) is 5.28. The molecule has 36 heavy (non-hydrogen) atoms. The molecule has 3 aromatic rings. The second-order valence-corrected chi connectivity index (χ2v) is 7.95. The van der Waals surface area contributed by atoms with Crippen LogP contribution in [0.25, 0.3) is 6.08 Å². The van der Waals surface area contributed by atoms with Crippen molar-refractivity contribution >= 4 is 17.9 Å². The monoisotopic (exact) mass is 488 g/mol. The molecule has 3 rings (SSSR count). The third-order valence-electron chi connectivity index (χ3n) is 5.28. The molecule has 188 valence electrons. The minimum Gasteiger partial charge on any atom is -0.490 e. The number of carbonyl (C=O) groups excluding carboxylic acids is 2. The third kappa shape index (κ3) is 7.91. The van der Waals surface area contributed by atoms with Gasteiger partial charge in [0.05, 0.1) is 6.61 Å². The fourth-order valence-corrected chi connectivity index (χ4v) is 3.40. The van der Waals surface area contributed by atoms with Gasteiger partial charge >= 0.3 is 0 Å². The van der Waals surface area contributed by atoms with E-state index in [0.717, 1.165) is 16.9 Å². The Morgan fingerprint density at radius 3 is 2.31 bits per heavy atom. The SMILES string of the molecule is CCOc1cc(/C=C/C(=O)N(C)Cc2ccc(C(=O)NC)cc2)ccc1OCCOc1ccccc1. The lowest BCUT2D eigenvalue weighted by atomic mass is 10.1. The normalized spacial score (nSPS) is 10.6. The van der Waals surface area contributed by atoms with Crippen LogP contribution in [-0.2, 0) is 11.3 Å². The summed E-state index contributed by atoms with van der Waals surface area (Å²) in [5.41, 5.74) is 2.34. The molecule has 0 fully saturated rings. The van der Waals surface area contributed by atoms with Crippen LogP contribution in [0.15, 0.2) is 78.9 Å². The van der Waals surface area contributed by atoms with Crippen LogP contribution in [0.3, 0.4) is 0 Å². The fraction of sp³-hybridized carbons (Fsp3) is 0.241. The van der Waals surface area contributed by atoms with E-state index in [4.69, 9.17) is 14.2 Å². The Hall–Kier alpha value is -4.26. The molecule has 0 heterocycles. The smallest absolute Gasteiger partial charge is 0.251 e. The van der Waals surface area contributed by atoms with Gasteiger partial charge in [-0.05, 0) is 60.5 Å². The molecule has 0 aliphatic heterocycles. The van der Waals surface area contributed by atoms with Gasteiger partial charge < -0.3 is 24.4 Å². The molecule has 0 bridgehead atoms. The Morgan fingerprint density at radius 2 is 1.61 bits per heavy atom. The van der Waals surface area contributed by atoms with Crippen molar-refractivity contribution in [1.82, 2.24) is 10.2 Å². The molecule has 0 saturated heterocycles. The topological polar surface area (TPSA) is 77.1 Å². The van der Waals surface area contributed by atoms with Crippen molar-refractivity contribution in [3.8, 4) is 17.2 Å². The molecule has 0 aromatic heterocycles. The number of amides is 2. The first-order valence-electron chi connectivity index (χ1n) is 11.8. The maximum Gasteiger partial charge on any atom is 0.251 e. The van der Waals surface area contributed by atoms with Gasteiger partial charge in [0.2, 0.25) is 5.91 Å². The highest BCUT2D eigenvalue weighted by Gasteiger charge is 2.09. The molecule has 0 saturated carbocycles. The van der Waals surface area contributed by atoms with Gasteiger partial charge in [0.15, 0.2) is 11.5 Å². The van der Waals surface area contributed by atoms with Crippen molar-refractivity contribution in [2.24, 2.45) is 0 Å². The number of para-hydroxylation sites is 1. The summed E-state index contributed by atoms with van der Waals surface area (Å²) in [7, 11) is 3.33. The van der Waals surface area contributed by atoms with E-state index in [1.807, 2.05) is 67.6 Å². The number of ether oxygens (including phenoxy) is 3. The molecule has 0 aliphatic carbocycles. The minimum atomic E-state index is -0.141. The maximum absolute atomic E-state index is 12.6. The number of nitrogens with zero attached hydrogens (tertiary/aromatic N) is 1. The Kier molecular flexibility index (Phi) is 9.94. The summed E-state index contributed by atoms with van der Waals surface area (Å²) >= 11 is 0. The average Bonchev–Trinajstić information content (AvgIpc) is 2.91. The number of rotatable bonds is 12. The van der Waals surface area contributed by atoms with Crippen molar-refractivity contribution < 1.29 is 23.8 Å². The van der Waals surface area contributed by atoms with Crippen LogP contribution in [0.5, 0.6) is 17.2 Å². The number of nitrogens with one attached hydrogen (secondary N) is 1. The predicted octanol–water partition coefficient (Wildman–Crippen LogP) is 4.57. The molecule has 0 radical (unpaired) electrons. The lowest BCUT2D eigenvalue weighted by Crippen LogP contribution is -2.24. The zero-order chi connectivity index (χ0) is 25.8. The molecular weight excluding hydrogens is 456 g/mol.